The molecule has 1 atom stereocenters. The van der Waals surface area contributed by atoms with E-state index >= 15 is 0 Å². The molecule has 0 amide bonds. The van der Waals surface area contributed by atoms with Gasteiger partial charge in [-0.1, -0.05) is 34.8 Å². The largest absolute Gasteiger partial charge is 0.506 e. The number of aromatic nitrogens is 1. The normalized spacial score (nSPS) is 13.1. The fourth-order valence-corrected chi connectivity index (χ4v) is 4.00. The molecule has 0 fully saturated rings. The zero-order valence-corrected chi connectivity index (χ0v) is 14.5. The third-order valence-electron chi connectivity index (χ3n) is 3.14. The van der Waals surface area contributed by atoms with E-state index in [0.717, 1.165) is 0 Å². The zero-order chi connectivity index (χ0) is 16.5. The highest BCUT2D eigenvalue weighted by Crippen LogP contribution is 2.31. The number of sulfone groups is 1. The van der Waals surface area contributed by atoms with E-state index in [-0.39, 0.29) is 16.5 Å². The SMILES string of the molecule is C[C@H](c1cc(Cl)cc(Cl)c1)S(=O)(=O)Cc1ncc(Cl)cc1O. The first kappa shape index (κ1) is 17.3. The summed E-state index contributed by atoms with van der Waals surface area (Å²) < 4.78 is 25.0. The van der Waals surface area contributed by atoms with Crippen LogP contribution in [-0.4, -0.2) is 18.5 Å². The minimum absolute atomic E-state index is 0.0457. The second-order valence-corrected chi connectivity index (χ2v) is 8.40. The number of hydrogen-bond acceptors (Lipinski definition) is 4. The fourth-order valence-electron chi connectivity index (χ4n) is 1.90. The van der Waals surface area contributed by atoms with Crippen molar-refractivity contribution in [3.63, 3.8) is 0 Å². The van der Waals surface area contributed by atoms with Gasteiger partial charge in [-0.05, 0) is 30.7 Å². The minimum atomic E-state index is -3.62. The van der Waals surface area contributed by atoms with Crippen molar-refractivity contribution < 1.29 is 13.5 Å². The van der Waals surface area contributed by atoms with Crippen LogP contribution in [0.4, 0.5) is 0 Å². The third-order valence-corrected chi connectivity index (χ3v) is 5.81. The van der Waals surface area contributed by atoms with E-state index in [1.807, 2.05) is 0 Å². The first-order valence-electron chi connectivity index (χ1n) is 6.20. The predicted molar refractivity (Wildman–Crippen MR) is 88.4 cm³/mol. The fraction of sp³-hybridized carbons (Fsp3) is 0.214. The van der Waals surface area contributed by atoms with Crippen molar-refractivity contribution in [1.82, 2.24) is 4.98 Å². The van der Waals surface area contributed by atoms with Gasteiger partial charge in [0.15, 0.2) is 9.84 Å². The van der Waals surface area contributed by atoms with Crippen LogP contribution in [-0.2, 0) is 15.6 Å². The van der Waals surface area contributed by atoms with Gasteiger partial charge in [0.1, 0.15) is 5.75 Å². The van der Waals surface area contributed by atoms with Crippen LogP contribution in [0.1, 0.15) is 23.4 Å². The molecule has 8 heteroatoms. The molecule has 0 saturated heterocycles. The van der Waals surface area contributed by atoms with Crippen LogP contribution < -0.4 is 0 Å². The Hall–Kier alpha value is -1.01. The lowest BCUT2D eigenvalue weighted by atomic mass is 10.2. The predicted octanol–water partition coefficient (Wildman–Crippen LogP) is 4.42. The molecule has 0 aliphatic heterocycles. The van der Waals surface area contributed by atoms with Crippen LogP contribution in [0.15, 0.2) is 30.5 Å². The summed E-state index contributed by atoms with van der Waals surface area (Å²) in [7, 11) is -3.62. The monoisotopic (exact) mass is 379 g/mol. The Labute approximate surface area is 143 Å². The molecule has 4 nitrogen and oxygen atoms in total. The van der Waals surface area contributed by atoms with Gasteiger partial charge < -0.3 is 5.11 Å². The smallest absolute Gasteiger partial charge is 0.162 e. The lowest BCUT2D eigenvalue weighted by molar-refractivity contribution is 0.466. The van der Waals surface area contributed by atoms with Crippen molar-refractivity contribution >= 4 is 44.6 Å². The maximum atomic E-state index is 12.5. The first-order chi connectivity index (χ1) is 10.2. The van der Waals surface area contributed by atoms with Gasteiger partial charge in [0.2, 0.25) is 0 Å². The van der Waals surface area contributed by atoms with Gasteiger partial charge in [-0.2, -0.15) is 0 Å². The Kier molecular flexibility index (Phi) is 5.22. The van der Waals surface area contributed by atoms with Crippen molar-refractivity contribution in [2.24, 2.45) is 0 Å². The van der Waals surface area contributed by atoms with Crippen LogP contribution in [0.2, 0.25) is 15.1 Å². The Bertz CT molecular complexity index is 789. The van der Waals surface area contributed by atoms with E-state index in [2.05, 4.69) is 4.98 Å². The highest BCUT2D eigenvalue weighted by molar-refractivity contribution is 7.90. The van der Waals surface area contributed by atoms with Crippen molar-refractivity contribution in [1.29, 1.82) is 0 Å². The summed E-state index contributed by atoms with van der Waals surface area (Å²) in [5, 5.41) is 9.84. The molecule has 0 spiro atoms. The highest BCUT2D eigenvalue weighted by atomic mass is 35.5. The molecule has 0 saturated carbocycles. The molecule has 1 aromatic heterocycles. The molecular formula is C14H12Cl3NO3S. The van der Waals surface area contributed by atoms with E-state index in [0.29, 0.717) is 15.6 Å². The number of rotatable bonds is 4. The summed E-state index contributed by atoms with van der Waals surface area (Å²) in [6, 6.07) is 5.87. The van der Waals surface area contributed by atoms with Gasteiger partial charge in [-0.15, -0.1) is 0 Å². The lowest BCUT2D eigenvalue weighted by Gasteiger charge is -2.14. The van der Waals surface area contributed by atoms with Gasteiger partial charge in [-0.25, -0.2) is 8.42 Å². The second-order valence-electron chi connectivity index (χ2n) is 4.77. The molecule has 118 valence electrons. The van der Waals surface area contributed by atoms with Crippen molar-refractivity contribution in [2.75, 3.05) is 0 Å². The lowest BCUT2D eigenvalue weighted by Crippen LogP contribution is -2.14. The van der Waals surface area contributed by atoms with E-state index in [1.165, 1.54) is 25.3 Å². The number of aromatic hydroxyl groups is 1. The van der Waals surface area contributed by atoms with Crippen molar-refractivity contribution in [2.45, 2.75) is 17.9 Å². The molecule has 0 radical (unpaired) electrons. The number of nitrogens with zero attached hydrogens (tertiary/aromatic N) is 1. The Morgan fingerprint density at radius 2 is 1.68 bits per heavy atom. The summed E-state index contributed by atoms with van der Waals surface area (Å²) in [6.45, 7) is 1.53. The van der Waals surface area contributed by atoms with Crippen LogP contribution >= 0.6 is 34.8 Å². The second kappa shape index (κ2) is 6.62. The quantitative estimate of drug-likeness (QED) is 0.852. The standard InChI is InChI=1S/C14H12Cl3NO3S/c1-8(9-2-10(15)4-11(16)3-9)22(20,21)7-13-14(19)5-12(17)6-18-13/h2-6,8,19H,7H2,1H3/t8-/m1/s1. The summed E-state index contributed by atoms with van der Waals surface area (Å²) in [5.74, 6) is -0.672. The highest BCUT2D eigenvalue weighted by Gasteiger charge is 2.25. The molecule has 0 aliphatic carbocycles. The van der Waals surface area contributed by atoms with Gasteiger partial charge in [0.05, 0.1) is 21.7 Å². The van der Waals surface area contributed by atoms with E-state index in [1.54, 1.807) is 12.1 Å². The van der Waals surface area contributed by atoms with Gasteiger partial charge >= 0.3 is 0 Å². The molecular weight excluding hydrogens is 369 g/mol. The van der Waals surface area contributed by atoms with E-state index in [4.69, 9.17) is 34.8 Å². The Balaban J connectivity index is 2.33. The van der Waals surface area contributed by atoms with Crippen LogP contribution in [0, 0.1) is 0 Å². The summed E-state index contributed by atoms with van der Waals surface area (Å²) >= 11 is 17.5. The Morgan fingerprint density at radius 3 is 2.23 bits per heavy atom. The van der Waals surface area contributed by atoms with E-state index < -0.39 is 20.8 Å². The minimum Gasteiger partial charge on any atom is -0.506 e. The molecule has 0 unspecified atom stereocenters. The summed E-state index contributed by atoms with van der Waals surface area (Å²) in [4.78, 5) is 3.86. The first-order valence-corrected chi connectivity index (χ1v) is 9.05. The van der Waals surface area contributed by atoms with Crippen molar-refractivity contribution in [3.05, 3.63) is 56.8 Å². The molecule has 1 heterocycles. The zero-order valence-electron chi connectivity index (χ0n) is 11.4. The number of pyridine rings is 1. The summed E-state index contributed by atoms with van der Waals surface area (Å²) in [5.41, 5.74) is 0.523. The molecule has 2 aromatic rings. The number of halogens is 3. The number of benzene rings is 1. The van der Waals surface area contributed by atoms with Crippen LogP contribution in [0.5, 0.6) is 5.75 Å². The average molecular weight is 381 g/mol. The van der Waals surface area contributed by atoms with Gasteiger partial charge in [-0.3, -0.25) is 4.98 Å². The number of hydrogen-bond donors (Lipinski definition) is 1. The van der Waals surface area contributed by atoms with Crippen LogP contribution in [0.25, 0.3) is 0 Å². The summed E-state index contributed by atoms with van der Waals surface area (Å²) in [6.07, 6.45) is 1.28. The Morgan fingerprint density at radius 1 is 1.09 bits per heavy atom. The average Bonchev–Trinajstić information content (AvgIpc) is 2.40. The third kappa shape index (κ3) is 4.04. The maximum absolute atomic E-state index is 12.5. The van der Waals surface area contributed by atoms with Gasteiger partial charge in [0.25, 0.3) is 0 Å². The molecule has 2 rings (SSSR count). The van der Waals surface area contributed by atoms with E-state index in [9.17, 15) is 13.5 Å². The molecule has 22 heavy (non-hydrogen) atoms. The van der Waals surface area contributed by atoms with Crippen molar-refractivity contribution in [3.8, 4) is 5.75 Å². The van der Waals surface area contributed by atoms with Gasteiger partial charge in [0, 0.05) is 22.3 Å². The maximum Gasteiger partial charge on any atom is 0.162 e. The molecule has 0 bridgehead atoms. The van der Waals surface area contributed by atoms with Crippen LogP contribution in [0.3, 0.4) is 0 Å². The molecule has 1 aromatic carbocycles. The topological polar surface area (TPSA) is 67.3 Å². The molecule has 1 N–H and O–H groups in total. The molecule has 0 aliphatic rings.